The van der Waals surface area contributed by atoms with Gasteiger partial charge in [0, 0.05) is 41.2 Å². The number of aryl methyl sites for hydroxylation is 1. The van der Waals surface area contributed by atoms with Crippen LogP contribution in [0.25, 0.3) is 5.57 Å². The van der Waals surface area contributed by atoms with Crippen molar-refractivity contribution < 1.29 is 18.0 Å². The van der Waals surface area contributed by atoms with Gasteiger partial charge >= 0.3 is 0 Å². The lowest BCUT2D eigenvalue weighted by atomic mass is 9.82. The van der Waals surface area contributed by atoms with Crippen molar-refractivity contribution in [2.75, 3.05) is 5.32 Å². The number of carbonyl (C=O) groups excluding carboxylic acids is 1. The lowest BCUT2D eigenvalue weighted by Gasteiger charge is -2.21. The number of pyridine rings is 1. The number of nitrogens with zero attached hydrogens (tertiary/aromatic N) is 2. The molecule has 168 valence electrons. The van der Waals surface area contributed by atoms with Gasteiger partial charge in [0.05, 0.1) is 17.0 Å². The maximum absolute atomic E-state index is 13.8. The van der Waals surface area contributed by atoms with Gasteiger partial charge in [0.2, 0.25) is 0 Å². The highest BCUT2D eigenvalue weighted by molar-refractivity contribution is 6.11. The lowest BCUT2D eigenvalue weighted by Crippen LogP contribution is -2.17. The van der Waals surface area contributed by atoms with E-state index in [2.05, 4.69) is 15.3 Å². The molecule has 1 aliphatic heterocycles. The maximum Gasteiger partial charge on any atom is 0.257 e. The van der Waals surface area contributed by atoms with E-state index >= 15 is 0 Å². The van der Waals surface area contributed by atoms with Gasteiger partial charge in [-0.15, -0.1) is 0 Å². The van der Waals surface area contributed by atoms with Crippen molar-refractivity contribution in [2.24, 2.45) is 10.9 Å². The highest BCUT2D eigenvalue weighted by Crippen LogP contribution is 2.38. The number of fused-ring (bicyclic) bond motifs is 1. The molecular formula is C27H18F3N3O. The molecule has 1 N–H and O–H groups in total. The van der Waals surface area contributed by atoms with E-state index in [0.717, 1.165) is 17.2 Å². The fourth-order valence-electron chi connectivity index (χ4n) is 4.10. The molecule has 7 heteroatoms. The molecule has 0 saturated heterocycles. The molecule has 0 fully saturated rings. The molecule has 1 amide bonds. The van der Waals surface area contributed by atoms with Gasteiger partial charge < -0.3 is 5.32 Å². The second-order valence-corrected chi connectivity index (χ2v) is 8.02. The van der Waals surface area contributed by atoms with Crippen molar-refractivity contribution in [1.82, 2.24) is 4.98 Å². The number of anilines is 1. The zero-order valence-electron chi connectivity index (χ0n) is 18.0. The van der Waals surface area contributed by atoms with Crippen LogP contribution in [-0.2, 0) is 0 Å². The second-order valence-electron chi connectivity index (χ2n) is 8.02. The lowest BCUT2D eigenvalue weighted by molar-refractivity contribution is 0.102. The Labute approximate surface area is 193 Å². The largest absolute Gasteiger partial charge is 0.322 e. The molecule has 3 aromatic rings. The van der Waals surface area contributed by atoms with Crippen LogP contribution >= 0.6 is 0 Å². The average molecular weight is 457 g/mol. The summed E-state index contributed by atoms with van der Waals surface area (Å²) in [6, 6.07) is 10.6. The molecule has 0 radical (unpaired) electrons. The Morgan fingerprint density at radius 1 is 0.941 bits per heavy atom. The number of amides is 1. The number of aliphatic imine (C=N–C) groups is 1. The van der Waals surface area contributed by atoms with Gasteiger partial charge in [-0.3, -0.25) is 14.8 Å². The fourth-order valence-corrected chi connectivity index (χ4v) is 4.10. The van der Waals surface area contributed by atoms with E-state index in [1.807, 2.05) is 18.2 Å². The Hall–Kier alpha value is -4.26. The molecule has 0 spiro atoms. The number of nitrogens with one attached hydrogen (secondary N) is 1. The van der Waals surface area contributed by atoms with E-state index in [1.165, 1.54) is 36.4 Å². The van der Waals surface area contributed by atoms with Crippen LogP contribution < -0.4 is 5.32 Å². The first-order chi connectivity index (χ1) is 16.4. The summed E-state index contributed by atoms with van der Waals surface area (Å²) >= 11 is 0. The molecule has 0 saturated carbocycles. The van der Waals surface area contributed by atoms with Gasteiger partial charge in [-0.25, -0.2) is 13.2 Å². The summed E-state index contributed by atoms with van der Waals surface area (Å²) in [5.41, 5.74) is 4.67. The number of allylic oxidation sites excluding steroid dienone is 5. The van der Waals surface area contributed by atoms with Crippen molar-refractivity contribution in [3.63, 3.8) is 0 Å². The molecule has 34 heavy (non-hydrogen) atoms. The minimum absolute atomic E-state index is 0.279. The molecule has 4 nitrogen and oxygen atoms in total. The summed E-state index contributed by atoms with van der Waals surface area (Å²) in [4.78, 5) is 21.7. The van der Waals surface area contributed by atoms with Crippen LogP contribution in [0.3, 0.4) is 0 Å². The standard InChI is InChI=1S/C27H18F3N3O/c1-15-24(27(34)33-21-7-5-18(28)6-8-21)11-17(13-31-15)22-3-2-4-23-25(22)14-32-26(23)16-9-19(29)12-20(30)10-16/h2-14,23H,1H3,(H,33,34). The molecule has 1 aliphatic carbocycles. The van der Waals surface area contributed by atoms with Crippen molar-refractivity contribution in [1.29, 1.82) is 0 Å². The van der Waals surface area contributed by atoms with Crippen LogP contribution in [0, 0.1) is 30.3 Å². The number of carbonyl (C=O) groups is 1. The van der Waals surface area contributed by atoms with E-state index in [0.29, 0.717) is 33.8 Å². The summed E-state index contributed by atoms with van der Waals surface area (Å²) in [6.45, 7) is 1.73. The third-order valence-electron chi connectivity index (χ3n) is 5.75. The smallest absolute Gasteiger partial charge is 0.257 e. The van der Waals surface area contributed by atoms with Crippen LogP contribution in [0.2, 0.25) is 0 Å². The van der Waals surface area contributed by atoms with Crippen molar-refractivity contribution in [2.45, 2.75) is 6.92 Å². The third kappa shape index (κ3) is 4.08. The predicted molar refractivity (Wildman–Crippen MR) is 125 cm³/mol. The van der Waals surface area contributed by atoms with Gasteiger partial charge in [-0.05, 0) is 60.5 Å². The quantitative estimate of drug-likeness (QED) is 0.521. The van der Waals surface area contributed by atoms with Gasteiger partial charge in [0.25, 0.3) is 5.91 Å². The Morgan fingerprint density at radius 2 is 1.68 bits per heavy atom. The summed E-state index contributed by atoms with van der Waals surface area (Å²) in [7, 11) is 0. The molecule has 5 rings (SSSR count). The van der Waals surface area contributed by atoms with Crippen LogP contribution in [-0.4, -0.2) is 16.6 Å². The molecular weight excluding hydrogens is 439 g/mol. The number of halogens is 3. The Morgan fingerprint density at radius 3 is 2.41 bits per heavy atom. The normalized spacial score (nSPS) is 16.5. The molecule has 1 atom stereocenters. The molecule has 0 bridgehead atoms. The number of aromatic nitrogens is 1. The molecule has 2 heterocycles. The topological polar surface area (TPSA) is 54.4 Å². The maximum atomic E-state index is 13.8. The Bertz CT molecular complexity index is 1420. The van der Waals surface area contributed by atoms with Crippen molar-refractivity contribution >= 4 is 22.9 Å². The van der Waals surface area contributed by atoms with Crippen LogP contribution in [0.1, 0.15) is 27.2 Å². The summed E-state index contributed by atoms with van der Waals surface area (Å²) in [6.07, 6.45) is 9.00. The van der Waals surface area contributed by atoms with Gasteiger partial charge in [0.1, 0.15) is 17.5 Å². The highest BCUT2D eigenvalue weighted by atomic mass is 19.1. The predicted octanol–water partition coefficient (Wildman–Crippen LogP) is 6.02. The highest BCUT2D eigenvalue weighted by Gasteiger charge is 2.29. The van der Waals surface area contributed by atoms with E-state index in [1.54, 1.807) is 25.4 Å². The SMILES string of the molecule is Cc1ncc(C2=CC=CC3C2=CN=C3c2cc(F)cc(F)c2)cc1C(=O)Nc1ccc(F)cc1. The van der Waals surface area contributed by atoms with Crippen molar-refractivity contribution in [3.8, 4) is 0 Å². The first-order valence-electron chi connectivity index (χ1n) is 10.6. The van der Waals surface area contributed by atoms with Gasteiger partial charge in [-0.1, -0.05) is 18.2 Å². The van der Waals surface area contributed by atoms with Gasteiger partial charge in [0.15, 0.2) is 0 Å². The summed E-state index contributed by atoms with van der Waals surface area (Å²) in [5, 5.41) is 2.75. The number of hydrogen-bond donors (Lipinski definition) is 1. The summed E-state index contributed by atoms with van der Waals surface area (Å²) in [5.74, 6) is -2.37. The van der Waals surface area contributed by atoms with Crippen LogP contribution in [0.15, 0.2) is 89.7 Å². The van der Waals surface area contributed by atoms with E-state index in [9.17, 15) is 18.0 Å². The summed E-state index contributed by atoms with van der Waals surface area (Å²) < 4.78 is 40.7. The second kappa shape index (κ2) is 8.59. The average Bonchev–Trinajstić information content (AvgIpc) is 3.25. The first-order valence-corrected chi connectivity index (χ1v) is 10.6. The van der Waals surface area contributed by atoms with Crippen LogP contribution in [0.4, 0.5) is 18.9 Å². The Kier molecular flexibility index (Phi) is 5.45. The third-order valence-corrected chi connectivity index (χ3v) is 5.75. The number of rotatable bonds is 4. The number of benzene rings is 2. The number of hydrogen-bond acceptors (Lipinski definition) is 3. The monoisotopic (exact) mass is 457 g/mol. The molecule has 2 aliphatic rings. The molecule has 1 aromatic heterocycles. The zero-order valence-corrected chi connectivity index (χ0v) is 18.0. The molecule has 1 unspecified atom stereocenters. The van der Waals surface area contributed by atoms with E-state index < -0.39 is 17.5 Å². The van der Waals surface area contributed by atoms with E-state index in [4.69, 9.17) is 0 Å². The van der Waals surface area contributed by atoms with Gasteiger partial charge in [-0.2, -0.15) is 0 Å². The Balaban J connectivity index is 1.43. The minimum atomic E-state index is -0.666. The fraction of sp³-hybridized carbons (Fsp3) is 0.0741. The van der Waals surface area contributed by atoms with E-state index in [-0.39, 0.29) is 11.8 Å². The first kappa shape index (κ1) is 21.6. The molecule has 2 aromatic carbocycles. The zero-order chi connectivity index (χ0) is 23.8. The van der Waals surface area contributed by atoms with Crippen LogP contribution in [0.5, 0.6) is 0 Å². The van der Waals surface area contributed by atoms with Crippen molar-refractivity contribution in [3.05, 3.63) is 125 Å². The minimum Gasteiger partial charge on any atom is -0.322 e.